The van der Waals surface area contributed by atoms with E-state index in [1.54, 1.807) is 13.8 Å². The number of ether oxygens (including phenoxy) is 2. The third-order valence-electron chi connectivity index (χ3n) is 2.86. The highest BCUT2D eigenvalue weighted by Gasteiger charge is 2.32. The second kappa shape index (κ2) is 8.23. The van der Waals surface area contributed by atoms with Gasteiger partial charge in [-0.05, 0) is 20.3 Å². The minimum absolute atomic E-state index is 0.0786. The minimum atomic E-state index is -1.50. The summed E-state index contributed by atoms with van der Waals surface area (Å²) in [6.07, 6.45) is 1.11. The summed E-state index contributed by atoms with van der Waals surface area (Å²) in [4.78, 5) is 48.0. The molecule has 0 aromatic heterocycles. The fourth-order valence-electron chi connectivity index (χ4n) is 1.92. The van der Waals surface area contributed by atoms with E-state index in [1.807, 2.05) is 0 Å². The van der Waals surface area contributed by atoms with Gasteiger partial charge in [-0.25, -0.2) is 9.59 Å². The molecule has 0 aromatic carbocycles. The van der Waals surface area contributed by atoms with Gasteiger partial charge in [0, 0.05) is 13.0 Å². The maximum atomic E-state index is 11.9. The van der Waals surface area contributed by atoms with Crippen molar-refractivity contribution in [1.29, 1.82) is 0 Å². The van der Waals surface area contributed by atoms with Gasteiger partial charge in [0.25, 0.3) is 0 Å². The molecule has 0 spiro atoms. The number of carbonyl (C=O) groups excluding carboxylic acids is 4. The fraction of sp³-hybridized carbons (Fsp3) is 0.692. The molecule has 2 amide bonds. The van der Waals surface area contributed by atoms with Crippen molar-refractivity contribution in [3.05, 3.63) is 0 Å². The first kappa shape index (κ1) is 16.9. The van der Waals surface area contributed by atoms with Gasteiger partial charge in [0.2, 0.25) is 17.9 Å². The van der Waals surface area contributed by atoms with E-state index in [0.29, 0.717) is 19.4 Å². The molecular weight excluding hydrogens is 280 g/mol. The van der Waals surface area contributed by atoms with Gasteiger partial charge in [-0.15, -0.1) is 0 Å². The van der Waals surface area contributed by atoms with Crippen LogP contribution in [0.4, 0.5) is 0 Å². The van der Waals surface area contributed by atoms with Crippen LogP contribution in [-0.2, 0) is 28.7 Å². The van der Waals surface area contributed by atoms with Crippen molar-refractivity contribution in [3.63, 3.8) is 0 Å². The summed E-state index contributed by atoms with van der Waals surface area (Å²) in [7, 11) is 0. The van der Waals surface area contributed by atoms with Crippen LogP contribution in [0.15, 0.2) is 0 Å². The Hall–Kier alpha value is -2.12. The number of amides is 2. The van der Waals surface area contributed by atoms with Gasteiger partial charge < -0.3 is 19.7 Å². The number of hydrogen-bond donors (Lipinski definition) is 1. The van der Waals surface area contributed by atoms with Crippen LogP contribution < -0.4 is 5.32 Å². The molecule has 1 aliphatic heterocycles. The number of nitrogens with zero attached hydrogens (tertiary/aromatic N) is 1. The Bertz CT molecular complexity index is 405. The molecule has 0 saturated carbocycles. The van der Waals surface area contributed by atoms with Crippen LogP contribution in [0.1, 0.15) is 26.7 Å². The first-order valence-corrected chi connectivity index (χ1v) is 6.90. The Kier molecular flexibility index (Phi) is 6.64. The van der Waals surface area contributed by atoms with Crippen LogP contribution in [0, 0.1) is 0 Å². The van der Waals surface area contributed by atoms with Crippen molar-refractivity contribution < 1.29 is 28.7 Å². The zero-order valence-corrected chi connectivity index (χ0v) is 12.2. The van der Waals surface area contributed by atoms with Crippen LogP contribution in [0.5, 0.6) is 0 Å². The maximum absolute atomic E-state index is 11.9. The van der Waals surface area contributed by atoms with Gasteiger partial charge in [-0.2, -0.15) is 0 Å². The topological polar surface area (TPSA) is 102 Å². The normalized spacial score (nSPS) is 14.2. The van der Waals surface area contributed by atoms with Crippen molar-refractivity contribution in [1.82, 2.24) is 10.2 Å². The zero-order chi connectivity index (χ0) is 15.8. The molecule has 8 nitrogen and oxygen atoms in total. The fourth-order valence-corrected chi connectivity index (χ4v) is 1.92. The summed E-state index contributed by atoms with van der Waals surface area (Å²) in [5, 5.41) is 2.25. The first-order chi connectivity index (χ1) is 9.99. The number of hydrogen-bond acceptors (Lipinski definition) is 6. The molecule has 0 atom stereocenters. The highest BCUT2D eigenvalue weighted by atomic mass is 16.6. The predicted molar refractivity (Wildman–Crippen MR) is 71.0 cm³/mol. The zero-order valence-electron chi connectivity index (χ0n) is 12.2. The lowest BCUT2D eigenvalue weighted by atomic mass is 10.3. The van der Waals surface area contributed by atoms with Crippen molar-refractivity contribution in [2.75, 3.05) is 26.3 Å². The van der Waals surface area contributed by atoms with E-state index in [0.717, 1.165) is 0 Å². The standard InChI is InChI=1S/C13H20N2O6/c1-3-20-12(18)11(13(19)21-4-2)14-9(16)8-15-7-5-6-10(15)17/h11H,3-8H2,1-2H3,(H,14,16). The molecule has 118 valence electrons. The van der Waals surface area contributed by atoms with Crippen LogP contribution in [-0.4, -0.2) is 61.0 Å². The van der Waals surface area contributed by atoms with Crippen LogP contribution in [0.3, 0.4) is 0 Å². The molecule has 0 unspecified atom stereocenters. The quantitative estimate of drug-likeness (QED) is 0.489. The van der Waals surface area contributed by atoms with Crippen molar-refractivity contribution in [2.24, 2.45) is 0 Å². The largest absolute Gasteiger partial charge is 0.464 e. The van der Waals surface area contributed by atoms with Crippen molar-refractivity contribution >= 4 is 23.8 Å². The Labute approximate surface area is 122 Å². The van der Waals surface area contributed by atoms with Gasteiger partial charge in [-0.1, -0.05) is 0 Å². The first-order valence-electron chi connectivity index (χ1n) is 6.90. The second-order valence-electron chi connectivity index (χ2n) is 4.42. The second-order valence-corrected chi connectivity index (χ2v) is 4.42. The van der Waals surface area contributed by atoms with E-state index in [1.165, 1.54) is 4.90 Å². The lowest BCUT2D eigenvalue weighted by Crippen LogP contribution is -2.51. The summed E-state index contributed by atoms with van der Waals surface area (Å²) >= 11 is 0. The lowest BCUT2D eigenvalue weighted by Gasteiger charge is -2.19. The molecule has 0 bridgehead atoms. The number of likely N-dealkylation sites (tertiary alicyclic amines) is 1. The molecular formula is C13H20N2O6. The third kappa shape index (κ3) is 5.05. The summed E-state index contributed by atoms with van der Waals surface area (Å²) in [6, 6.07) is -1.50. The highest BCUT2D eigenvalue weighted by Crippen LogP contribution is 2.08. The average molecular weight is 300 g/mol. The number of rotatable bonds is 7. The van der Waals surface area contributed by atoms with E-state index in [4.69, 9.17) is 9.47 Å². The Balaban J connectivity index is 2.62. The Morgan fingerprint density at radius 2 is 1.76 bits per heavy atom. The Morgan fingerprint density at radius 1 is 1.19 bits per heavy atom. The van der Waals surface area contributed by atoms with Gasteiger partial charge >= 0.3 is 11.9 Å². The van der Waals surface area contributed by atoms with Crippen LogP contribution in [0.2, 0.25) is 0 Å². The van der Waals surface area contributed by atoms with E-state index in [9.17, 15) is 19.2 Å². The third-order valence-corrected chi connectivity index (χ3v) is 2.86. The molecule has 0 aliphatic carbocycles. The number of nitrogens with one attached hydrogen (secondary N) is 1. The smallest absolute Gasteiger partial charge is 0.340 e. The SMILES string of the molecule is CCOC(=O)C(NC(=O)CN1CCCC1=O)C(=O)OCC. The van der Waals surface area contributed by atoms with E-state index in [-0.39, 0.29) is 25.7 Å². The molecule has 1 rings (SSSR count). The number of carbonyl (C=O) groups is 4. The van der Waals surface area contributed by atoms with Crippen LogP contribution >= 0.6 is 0 Å². The van der Waals surface area contributed by atoms with Crippen molar-refractivity contribution in [3.8, 4) is 0 Å². The Morgan fingerprint density at radius 3 is 2.19 bits per heavy atom. The van der Waals surface area contributed by atoms with Gasteiger partial charge in [-0.3, -0.25) is 9.59 Å². The highest BCUT2D eigenvalue weighted by molar-refractivity contribution is 6.02. The van der Waals surface area contributed by atoms with Gasteiger partial charge in [0.05, 0.1) is 19.8 Å². The van der Waals surface area contributed by atoms with Crippen LogP contribution in [0.25, 0.3) is 0 Å². The predicted octanol–water partition coefficient (Wildman–Crippen LogP) is -0.780. The minimum Gasteiger partial charge on any atom is -0.464 e. The van der Waals surface area contributed by atoms with E-state index >= 15 is 0 Å². The summed E-state index contributed by atoms with van der Waals surface area (Å²) in [6.45, 7) is 3.64. The van der Waals surface area contributed by atoms with Gasteiger partial charge in [0.15, 0.2) is 0 Å². The summed E-state index contributed by atoms with van der Waals surface area (Å²) in [5.41, 5.74) is 0. The summed E-state index contributed by atoms with van der Waals surface area (Å²) in [5.74, 6) is -2.47. The molecule has 8 heteroatoms. The maximum Gasteiger partial charge on any atom is 0.340 e. The van der Waals surface area contributed by atoms with Crippen molar-refractivity contribution in [2.45, 2.75) is 32.7 Å². The summed E-state index contributed by atoms with van der Waals surface area (Å²) < 4.78 is 9.46. The molecule has 1 N–H and O–H groups in total. The molecule has 21 heavy (non-hydrogen) atoms. The molecule has 0 aromatic rings. The molecule has 1 fully saturated rings. The van der Waals surface area contributed by atoms with E-state index in [2.05, 4.69) is 5.32 Å². The lowest BCUT2D eigenvalue weighted by molar-refractivity contribution is -0.159. The molecule has 0 radical (unpaired) electrons. The molecule has 1 saturated heterocycles. The monoisotopic (exact) mass is 300 g/mol. The molecule has 1 heterocycles. The average Bonchev–Trinajstić information content (AvgIpc) is 2.82. The molecule has 1 aliphatic rings. The van der Waals surface area contributed by atoms with E-state index < -0.39 is 23.9 Å². The number of esters is 2. The van der Waals surface area contributed by atoms with Gasteiger partial charge in [0.1, 0.15) is 0 Å².